The van der Waals surface area contributed by atoms with Crippen LogP contribution in [0.5, 0.6) is 0 Å². The fourth-order valence-electron chi connectivity index (χ4n) is 1.16. The lowest BCUT2D eigenvalue weighted by Gasteiger charge is -2.16. The van der Waals surface area contributed by atoms with Crippen molar-refractivity contribution in [3.05, 3.63) is 17.2 Å². The van der Waals surface area contributed by atoms with Gasteiger partial charge in [-0.15, -0.1) is 0 Å². The van der Waals surface area contributed by atoms with E-state index in [4.69, 9.17) is 11.6 Å². The number of halogens is 1. The summed E-state index contributed by atoms with van der Waals surface area (Å²) in [6, 6.07) is 0. The molecule has 0 atom stereocenters. The van der Waals surface area contributed by atoms with Gasteiger partial charge in [-0.1, -0.05) is 11.6 Å². The highest BCUT2D eigenvalue weighted by Crippen LogP contribution is 2.10. The van der Waals surface area contributed by atoms with E-state index >= 15 is 0 Å². The molecule has 0 aliphatic heterocycles. The molecule has 0 fully saturated rings. The van der Waals surface area contributed by atoms with Crippen LogP contribution >= 0.6 is 24.2 Å². The third-order valence-electron chi connectivity index (χ3n) is 2.16. The topological polar surface area (TPSA) is 38.1 Å². The van der Waals surface area contributed by atoms with E-state index in [-0.39, 0.29) is 5.91 Å². The van der Waals surface area contributed by atoms with Crippen LogP contribution < -0.4 is 0 Å². The molecule has 0 radical (unpaired) electrons. The standard InChI is InChI=1S/C9H14ClN3OS/c1-12(9(14)3-4-15)6-8-11-5-7(10)13(8)2/h5,15H,3-4,6H2,1-2H3. The Morgan fingerprint density at radius 2 is 2.40 bits per heavy atom. The van der Waals surface area contributed by atoms with E-state index in [0.29, 0.717) is 23.9 Å². The number of carbonyl (C=O) groups excluding carboxylic acids is 1. The largest absolute Gasteiger partial charge is 0.338 e. The first-order chi connectivity index (χ1) is 7.06. The lowest BCUT2D eigenvalue weighted by Crippen LogP contribution is -2.27. The van der Waals surface area contributed by atoms with E-state index in [9.17, 15) is 4.79 Å². The molecule has 0 aromatic carbocycles. The van der Waals surface area contributed by atoms with Gasteiger partial charge >= 0.3 is 0 Å². The predicted octanol–water partition coefficient (Wildman–Crippen LogP) is 1.35. The molecule has 0 saturated carbocycles. The maximum absolute atomic E-state index is 11.5. The molecule has 6 heteroatoms. The Balaban J connectivity index is 2.62. The van der Waals surface area contributed by atoms with Crippen LogP contribution in [0.3, 0.4) is 0 Å². The van der Waals surface area contributed by atoms with Crippen LogP contribution in [0.2, 0.25) is 5.15 Å². The second-order valence-corrected chi connectivity index (χ2v) is 4.11. The Bertz CT molecular complexity index is 353. The first-order valence-electron chi connectivity index (χ1n) is 4.57. The molecule has 0 unspecified atom stereocenters. The summed E-state index contributed by atoms with van der Waals surface area (Å²) in [7, 11) is 3.57. The van der Waals surface area contributed by atoms with Crippen molar-refractivity contribution in [2.24, 2.45) is 7.05 Å². The van der Waals surface area contributed by atoms with Crippen molar-refractivity contribution < 1.29 is 4.79 Å². The maximum Gasteiger partial charge on any atom is 0.223 e. The molecule has 0 bridgehead atoms. The fourth-order valence-corrected chi connectivity index (χ4v) is 1.50. The molecule has 1 amide bonds. The maximum atomic E-state index is 11.5. The number of amides is 1. The quantitative estimate of drug-likeness (QED) is 0.816. The molecule has 0 N–H and O–H groups in total. The summed E-state index contributed by atoms with van der Waals surface area (Å²) in [5.74, 6) is 1.39. The Morgan fingerprint density at radius 3 is 2.87 bits per heavy atom. The molecular formula is C9H14ClN3OS. The van der Waals surface area contributed by atoms with Crippen LogP contribution in [0.1, 0.15) is 12.2 Å². The number of carbonyl (C=O) groups is 1. The zero-order valence-corrected chi connectivity index (χ0v) is 10.4. The second kappa shape index (κ2) is 5.42. The number of aromatic nitrogens is 2. The molecule has 84 valence electrons. The Labute approximate surface area is 99.6 Å². The predicted molar refractivity (Wildman–Crippen MR) is 63.2 cm³/mol. The highest BCUT2D eigenvalue weighted by Gasteiger charge is 2.11. The summed E-state index contributed by atoms with van der Waals surface area (Å²) in [4.78, 5) is 17.2. The van der Waals surface area contributed by atoms with Crippen LogP contribution in [-0.2, 0) is 18.4 Å². The smallest absolute Gasteiger partial charge is 0.223 e. The van der Waals surface area contributed by atoms with Crippen molar-refractivity contribution in [2.75, 3.05) is 12.8 Å². The van der Waals surface area contributed by atoms with Crippen molar-refractivity contribution in [1.82, 2.24) is 14.5 Å². The third-order valence-corrected chi connectivity index (χ3v) is 2.73. The van der Waals surface area contributed by atoms with Crippen LogP contribution in [0, 0.1) is 0 Å². The summed E-state index contributed by atoms with van der Waals surface area (Å²) in [5, 5.41) is 0.569. The Hall–Kier alpha value is -0.680. The monoisotopic (exact) mass is 247 g/mol. The van der Waals surface area contributed by atoms with Crippen LogP contribution in [0.4, 0.5) is 0 Å². The molecule has 0 saturated heterocycles. The lowest BCUT2D eigenvalue weighted by atomic mass is 10.4. The summed E-state index contributed by atoms with van der Waals surface area (Å²) in [5.41, 5.74) is 0. The zero-order valence-electron chi connectivity index (χ0n) is 8.77. The number of imidazole rings is 1. The minimum atomic E-state index is 0.0594. The molecule has 0 aliphatic carbocycles. The van der Waals surface area contributed by atoms with Gasteiger partial charge in [-0.3, -0.25) is 4.79 Å². The van der Waals surface area contributed by atoms with E-state index in [1.807, 2.05) is 7.05 Å². The van der Waals surface area contributed by atoms with Gasteiger partial charge in [0.25, 0.3) is 0 Å². The Kier molecular flexibility index (Phi) is 4.47. The highest BCUT2D eigenvalue weighted by atomic mass is 35.5. The van der Waals surface area contributed by atoms with Crippen molar-refractivity contribution in [2.45, 2.75) is 13.0 Å². The first-order valence-corrected chi connectivity index (χ1v) is 5.58. The molecular weight excluding hydrogens is 234 g/mol. The van der Waals surface area contributed by atoms with Gasteiger partial charge < -0.3 is 9.47 Å². The number of hydrogen-bond acceptors (Lipinski definition) is 3. The summed E-state index contributed by atoms with van der Waals surface area (Å²) < 4.78 is 1.76. The van der Waals surface area contributed by atoms with Crippen LogP contribution in [0.15, 0.2) is 6.20 Å². The number of thiol groups is 1. The minimum absolute atomic E-state index is 0.0594. The molecule has 1 heterocycles. The number of nitrogens with zero attached hydrogens (tertiary/aromatic N) is 3. The molecule has 1 rings (SSSR count). The third kappa shape index (κ3) is 3.14. The van der Waals surface area contributed by atoms with Gasteiger partial charge in [0, 0.05) is 20.5 Å². The molecule has 15 heavy (non-hydrogen) atoms. The highest BCUT2D eigenvalue weighted by molar-refractivity contribution is 7.80. The van der Waals surface area contributed by atoms with Crippen molar-refractivity contribution in [1.29, 1.82) is 0 Å². The van der Waals surface area contributed by atoms with Crippen molar-refractivity contribution >= 4 is 30.1 Å². The van der Waals surface area contributed by atoms with E-state index in [0.717, 1.165) is 5.82 Å². The van der Waals surface area contributed by atoms with Gasteiger partial charge in [-0.2, -0.15) is 12.6 Å². The molecule has 1 aromatic rings. The van der Waals surface area contributed by atoms with E-state index in [2.05, 4.69) is 17.6 Å². The average Bonchev–Trinajstić information content (AvgIpc) is 2.50. The van der Waals surface area contributed by atoms with E-state index < -0.39 is 0 Å². The van der Waals surface area contributed by atoms with Gasteiger partial charge in [0.15, 0.2) is 0 Å². The first kappa shape index (κ1) is 12.4. The van der Waals surface area contributed by atoms with Crippen LogP contribution in [0.25, 0.3) is 0 Å². The molecule has 4 nitrogen and oxygen atoms in total. The Morgan fingerprint density at radius 1 is 1.73 bits per heavy atom. The normalized spacial score (nSPS) is 10.4. The van der Waals surface area contributed by atoms with E-state index in [1.54, 1.807) is 22.7 Å². The molecule has 1 aromatic heterocycles. The second-order valence-electron chi connectivity index (χ2n) is 3.28. The van der Waals surface area contributed by atoms with Gasteiger partial charge in [0.1, 0.15) is 11.0 Å². The van der Waals surface area contributed by atoms with Gasteiger partial charge in [-0.25, -0.2) is 4.98 Å². The average molecular weight is 248 g/mol. The SMILES string of the molecule is CN(Cc1ncc(Cl)n1C)C(=O)CCS. The van der Waals surface area contributed by atoms with Crippen molar-refractivity contribution in [3.63, 3.8) is 0 Å². The molecule has 0 aliphatic rings. The number of hydrogen-bond donors (Lipinski definition) is 1. The summed E-state index contributed by atoms with van der Waals surface area (Å²) in [6.45, 7) is 0.468. The van der Waals surface area contributed by atoms with E-state index in [1.165, 1.54) is 0 Å². The van der Waals surface area contributed by atoms with Gasteiger partial charge in [0.05, 0.1) is 12.7 Å². The van der Waals surface area contributed by atoms with Crippen molar-refractivity contribution in [3.8, 4) is 0 Å². The minimum Gasteiger partial charge on any atom is -0.338 e. The number of rotatable bonds is 4. The molecule has 0 spiro atoms. The zero-order chi connectivity index (χ0) is 11.4. The fraction of sp³-hybridized carbons (Fsp3) is 0.556. The van der Waals surface area contributed by atoms with Crippen LogP contribution in [-0.4, -0.2) is 33.2 Å². The summed E-state index contributed by atoms with van der Waals surface area (Å²) in [6.07, 6.45) is 2.02. The van der Waals surface area contributed by atoms with Gasteiger partial charge in [0.2, 0.25) is 5.91 Å². The lowest BCUT2D eigenvalue weighted by molar-refractivity contribution is -0.130. The summed E-state index contributed by atoms with van der Waals surface area (Å²) >= 11 is 9.85. The van der Waals surface area contributed by atoms with Gasteiger partial charge in [-0.05, 0) is 5.75 Å².